The largest absolute Gasteiger partial charge is 0.469 e. The zero-order chi connectivity index (χ0) is 15.9. The van der Waals surface area contributed by atoms with E-state index < -0.39 is 6.09 Å². The van der Waals surface area contributed by atoms with Gasteiger partial charge in [0.1, 0.15) is 0 Å². The van der Waals surface area contributed by atoms with Crippen LogP contribution in [0.2, 0.25) is 0 Å². The molecule has 0 atom stereocenters. The van der Waals surface area contributed by atoms with Crippen LogP contribution in [0.5, 0.6) is 0 Å². The lowest BCUT2D eigenvalue weighted by atomic mass is 10.3. The molecule has 0 aromatic carbocycles. The summed E-state index contributed by atoms with van der Waals surface area (Å²) in [4.78, 5) is 26.9. The van der Waals surface area contributed by atoms with E-state index in [9.17, 15) is 9.59 Å². The fourth-order valence-corrected chi connectivity index (χ4v) is 1.45. The molecular weight excluding hydrogens is 280 g/mol. The van der Waals surface area contributed by atoms with Gasteiger partial charge < -0.3 is 19.1 Å². The van der Waals surface area contributed by atoms with Crippen LogP contribution in [0.1, 0.15) is 19.8 Å². The first-order valence-electron chi connectivity index (χ1n) is 6.72. The highest BCUT2D eigenvalue weighted by Gasteiger charge is 2.15. The second kappa shape index (κ2) is 13.0. The Balaban J connectivity index is 4.00. The van der Waals surface area contributed by atoms with Crippen molar-refractivity contribution >= 4 is 12.1 Å². The van der Waals surface area contributed by atoms with E-state index in [1.807, 2.05) is 0 Å². The van der Waals surface area contributed by atoms with Crippen LogP contribution in [0.3, 0.4) is 0 Å². The molecule has 0 heterocycles. The van der Waals surface area contributed by atoms with E-state index in [0.29, 0.717) is 26.2 Å². The molecule has 0 aromatic rings. The van der Waals surface area contributed by atoms with Crippen LogP contribution in [0.25, 0.3) is 10.4 Å². The standard InChI is InChI=1S/C12H22N4O5/c1-3-21-12(18)16(8-5-11(17)19-2)7-4-9-20-10-6-14-15-13/h3-10H2,1-2H3. The van der Waals surface area contributed by atoms with Crippen LogP contribution in [-0.2, 0) is 19.0 Å². The number of hydrogen-bond acceptors (Lipinski definition) is 6. The lowest BCUT2D eigenvalue weighted by Gasteiger charge is -2.21. The summed E-state index contributed by atoms with van der Waals surface area (Å²) >= 11 is 0. The molecule has 0 aliphatic heterocycles. The van der Waals surface area contributed by atoms with Crippen LogP contribution in [-0.4, -0.2) is 63.5 Å². The van der Waals surface area contributed by atoms with E-state index >= 15 is 0 Å². The van der Waals surface area contributed by atoms with Crippen LogP contribution < -0.4 is 0 Å². The van der Waals surface area contributed by atoms with Crippen molar-refractivity contribution < 1.29 is 23.8 Å². The van der Waals surface area contributed by atoms with Crippen molar-refractivity contribution in [2.75, 3.05) is 46.6 Å². The van der Waals surface area contributed by atoms with Crippen LogP contribution in [0, 0.1) is 0 Å². The van der Waals surface area contributed by atoms with Gasteiger partial charge in [-0.25, -0.2) is 4.79 Å². The highest BCUT2D eigenvalue weighted by molar-refractivity contribution is 5.71. The zero-order valence-electron chi connectivity index (χ0n) is 12.5. The number of nitrogens with zero attached hydrogens (tertiary/aromatic N) is 4. The van der Waals surface area contributed by atoms with Gasteiger partial charge in [-0.05, 0) is 18.9 Å². The molecule has 1 amide bonds. The maximum atomic E-state index is 11.7. The Bertz CT molecular complexity index is 358. The second-order valence-electron chi connectivity index (χ2n) is 3.93. The Morgan fingerprint density at radius 1 is 1.29 bits per heavy atom. The highest BCUT2D eigenvalue weighted by atomic mass is 16.6. The quantitative estimate of drug-likeness (QED) is 0.189. The smallest absolute Gasteiger partial charge is 0.409 e. The summed E-state index contributed by atoms with van der Waals surface area (Å²) in [5, 5.41) is 3.33. The molecule has 0 aliphatic carbocycles. The molecule has 21 heavy (non-hydrogen) atoms. The molecule has 0 unspecified atom stereocenters. The molecule has 0 radical (unpaired) electrons. The maximum Gasteiger partial charge on any atom is 0.409 e. The number of methoxy groups -OCH3 is 1. The first-order chi connectivity index (χ1) is 10.2. The molecule has 0 aliphatic rings. The fraction of sp³-hybridized carbons (Fsp3) is 0.833. The minimum absolute atomic E-state index is 0.118. The molecule has 0 bridgehead atoms. The summed E-state index contributed by atoms with van der Waals surface area (Å²) in [6.07, 6.45) is 0.249. The van der Waals surface area contributed by atoms with Crippen molar-refractivity contribution in [3.8, 4) is 0 Å². The van der Waals surface area contributed by atoms with Gasteiger partial charge >= 0.3 is 12.1 Å². The maximum absolute atomic E-state index is 11.7. The monoisotopic (exact) mass is 302 g/mol. The minimum atomic E-state index is -0.463. The van der Waals surface area contributed by atoms with Crippen LogP contribution in [0.15, 0.2) is 5.11 Å². The Kier molecular flexibility index (Phi) is 11.8. The van der Waals surface area contributed by atoms with Gasteiger partial charge in [0, 0.05) is 31.2 Å². The van der Waals surface area contributed by atoms with E-state index in [1.165, 1.54) is 12.0 Å². The summed E-state index contributed by atoms with van der Waals surface area (Å²) < 4.78 is 14.7. The molecule has 0 aromatic heterocycles. The molecule has 0 N–H and O–H groups in total. The van der Waals surface area contributed by atoms with Gasteiger partial charge in [0.25, 0.3) is 0 Å². The number of amides is 1. The van der Waals surface area contributed by atoms with Crippen molar-refractivity contribution in [3.05, 3.63) is 10.4 Å². The molecule has 0 spiro atoms. The van der Waals surface area contributed by atoms with Crippen molar-refractivity contribution in [1.82, 2.24) is 4.90 Å². The third-order valence-electron chi connectivity index (χ3n) is 2.46. The SMILES string of the molecule is CCOC(=O)N(CCCOCCN=[N+]=[N-])CCC(=O)OC. The summed E-state index contributed by atoms with van der Waals surface area (Å²) in [5.74, 6) is -0.380. The Labute approximate surface area is 123 Å². The number of ether oxygens (including phenoxy) is 3. The number of esters is 1. The Hall–Kier alpha value is -1.99. The molecule has 0 fully saturated rings. The fourth-order valence-electron chi connectivity index (χ4n) is 1.45. The van der Waals surface area contributed by atoms with Gasteiger partial charge in [0.15, 0.2) is 0 Å². The molecule has 9 nitrogen and oxygen atoms in total. The van der Waals surface area contributed by atoms with E-state index in [4.69, 9.17) is 15.0 Å². The summed E-state index contributed by atoms with van der Waals surface area (Å²) in [6.45, 7) is 3.69. The number of hydrogen-bond donors (Lipinski definition) is 0. The van der Waals surface area contributed by atoms with Crippen molar-refractivity contribution in [2.45, 2.75) is 19.8 Å². The molecule has 9 heteroatoms. The second-order valence-corrected chi connectivity index (χ2v) is 3.93. The predicted octanol–water partition coefficient (Wildman–Crippen LogP) is 1.72. The summed E-state index contributed by atoms with van der Waals surface area (Å²) in [6, 6.07) is 0. The van der Waals surface area contributed by atoms with Crippen molar-refractivity contribution in [3.63, 3.8) is 0 Å². The lowest BCUT2D eigenvalue weighted by Crippen LogP contribution is -2.35. The normalized spacial score (nSPS) is 9.62. The third kappa shape index (κ3) is 10.5. The first kappa shape index (κ1) is 19.0. The zero-order valence-corrected chi connectivity index (χ0v) is 12.5. The average Bonchev–Trinajstić information content (AvgIpc) is 2.49. The van der Waals surface area contributed by atoms with Crippen molar-refractivity contribution in [2.24, 2.45) is 5.11 Å². The van der Waals surface area contributed by atoms with E-state index in [1.54, 1.807) is 6.92 Å². The number of carbonyl (C=O) groups is 2. The Morgan fingerprint density at radius 3 is 2.67 bits per heavy atom. The van der Waals surface area contributed by atoms with Gasteiger partial charge in [0.05, 0.1) is 26.7 Å². The summed E-state index contributed by atoms with van der Waals surface area (Å²) in [5.41, 5.74) is 8.08. The molecule has 120 valence electrons. The first-order valence-corrected chi connectivity index (χ1v) is 6.72. The molecule has 0 saturated heterocycles. The van der Waals surface area contributed by atoms with Crippen LogP contribution >= 0.6 is 0 Å². The van der Waals surface area contributed by atoms with E-state index in [0.717, 1.165) is 0 Å². The van der Waals surface area contributed by atoms with Gasteiger partial charge in [-0.3, -0.25) is 4.79 Å². The Morgan fingerprint density at radius 2 is 2.05 bits per heavy atom. The number of rotatable bonds is 11. The number of azide groups is 1. The van der Waals surface area contributed by atoms with Crippen LogP contribution in [0.4, 0.5) is 4.79 Å². The van der Waals surface area contributed by atoms with Crippen molar-refractivity contribution in [1.29, 1.82) is 0 Å². The molecular formula is C12H22N4O5. The van der Waals surface area contributed by atoms with E-state index in [2.05, 4.69) is 14.8 Å². The van der Waals surface area contributed by atoms with Gasteiger partial charge in [-0.1, -0.05) is 5.11 Å². The summed E-state index contributed by atoms with van der Waals surface area (Å²) in [7, 11) is 1.30. The average molecular weight is 302 g/mol. The van der Waals surface area contributed by atoms with Gasteiger partial charge in [-0.15, -0.1) is 0 Å². The molecule has 0 saturated carbocycles. The predicted molar refractivity (Wildman–Crippen MR) is 74.7 cm³/mol. The lowest BCUT2D eigenvalue weighted by molar-refractivity contribution is -0.140. The van der Waals surface area contributed by atoms with Gasteiger partial charge in [-0.2, -0.15) is 0 Å². The number of carbonyl (C=O) groups excluding carboxylic acids is 2. The third-order valence-corrected chi connectivity index (χ3v) is 2.46. The highest BCUT2D eigenvalue weighted by Crippen LogP contribution is 2.00. The van der Waals surface area contributed by atoms with Gasteiger partial charge in [0.2, 0.25) is 0 Å². The minimum Gasteiger partial charge on any atom is -0.469 e. The van der Waals surface area contributed by atoms with E-state index in [-0.39, 0.29) is 32.1 Å². The topological polar surface area (TPSA) is 114 Å². The molecule has 0 rings (SSSR count).